The Morgan fingerprint density at radius 2 is 1.94 bits per heavy atom. The first-order valence-electron chi connectivity index (χ1n) is 7.37. The minimum Gasteiger partial charge on any atom is -0.347 e. The summed E-state index contributed by atoms with van der Waals surface area (Å²) in [6.45, 7) is 6.58. The topological polar surface area (TPSA) is 32.3 Å². The van der Waals surface area contributed by atoms with Gasteiger partial charge < -0.3 is 10.2 Å². The second-order valence-corrected chi connectivity index (χ2v) is 6.48. The predicted octanol–water partition coefficient (Wildman–Crippen LogP) is 2.66. The van der Waals surface area contributed by atoms with Crippen molar-refractivity contribution in [3.8, 4) is 0 Å². The Balaban J connectivity index is 2.40. The summed E-state index contributed by atoms with van der Waals surface area (Å²) in [6, 6.07) is 0.476. The Kier molecular flexibility index (Phi) is 6.13. The molecule has 1 aliphatic rings. The van der Waals surface area contributed by atoms with E-state index in [0.29, 0.717) is 6.04 Å². The summed E-state index contributed by atoms with van der Waals surface area (Å²) in [5.41, 5.74) is 0. The van der Waals surface area contributed by atoms with Crippen molar-refractivity contribution in [2.24, 2.45) is 11.8 Å². The molecule has 0 aromatic carbocycles. The molecule has 0 aromatic rings. The molecule has 1 amide bonds. The maximum absolute atomic E-state index is 11.8. The van der Waals surface area contributed by atoms with Gasteiger partial charge in [0.25, 0.3) is 0 Å². The first-order valence-corrected chi connectivity index (χ1v) is 7.37. The smallest absolute Gasteiger partial charge is 0.238 e. The van der Waals surface area contributed by atoms with E-state index in [4.69, 9.17) is 0 Å². The number of hydrogen-bond donors (Lipinski definition) is 1. The summed E-state index contributed by atoms with van der Waals surface area (Å²) < 4.78 is 0. The van der Waals surface area contributed by atoms with E-state index in [2.05, 4.69) is 19.2 Å². The first-order chi connectivity index (χ1) is 8.40. The average molecular weight is 254 g/mol. The summed E-state index contributed by atoms with van der Waals surface area (Å²) in [4.78, 5) is 13.5. The van der Waals surface area contributed by atoms with E-state index in [1.165, 1.54) is 32.1 Å². The second kappa shape index (κ2) is 7.13. The lowest BCUT2D eigenvalue weighted by Gasteiger charge is -2.33. The highest BCUT2D eigenvalue weighted by molar-refractivity contribution is 5.80. The molecule has 1 aliphatic carbocycles. The number of nitrogens with one attached hydrogen (secondary N) is 1. The van der Waals surface area contributed by atoms with Gasteiger partial charge in [0.2, 0.25) is 5.91 Å². The van der Waals surface area contributed by atoms with Crippen LogP contribution in [-0.2, 0) is 4.79 Å². The highest BCUT2D eigenvalue weighted by atomic mass is 16.2. The van der Waals surface area contributed by atoms with Crippen molar-refractivity contribution in [3.63, 3.8) is 0 Å². The maximum Gasteiger partial charge on any atom is 0.238 e. The Morgan fingerprint density at radius 3 is 2.50 bits per heavy atom. The van der Waals surface area contributed by atoms with Crippen LogP contribution in [0, 0.1) is 11.8 Å². The zero-order valence-corrected chi connectivity index (χ0v) is 12.7. The molecule has 0 heterocycles. The zero-order chi connectivity index (χ0) is 13.7. The van der Waals surface area contributed by atoms with Crippen molar-refractivity contribution < 1.29 is 4.79 Å². The third-order valence-corrected chi connectivity index (χ3v) is 3.88. The lowest BCUT2D eigenvalue weighted by atomic mass is 9.81. The van der Waals surface area contributed by atoms with Crippen molar-refractivity contribution in [1.29, 1.82) is 0 Å². The number of hydrogen-bond acceptors (Lipinski definition) is 2. The van der Waals surface area contributed by atoms with Crippen molar-refractivity contribution in [1.82, 2.24) is 10.2 Å². The van der Waals surface area contributed by atoms with Crippen molar-refractivity contribution in [2.75, 3.05) is 14.1 Å². The summed E-state index contributed by atoms with van der Waals surface area (Å²) in [6.07, 6.45) is 6.46. The van der Waals surface area contributed by atoms with Crippen LogP contribution in [0.4, 0.5) is 0 Å². The normalized spacial score (nSPS) is 26.1. The number of carbonyl (C=O) groups excluding carboxylic acids is 1. The third-order valence-electron chi connectivity index (χ3n) is 3.88. The lowest BCUT2D eigenvalue weighted by Crippen LogP contribution is -2.47. The van der Waals surface area contributed by atoms with Crippen LogP contribution in [0.25, 0.3) is 0 Å². The lowest BCUT2D eigenvalue weighted by molar-refractivity contribution is -0.130. The van der Waals surface area contributed by atoms with E-state index in [9.17, 15) is 4.79 Å². The molecule has 3 atom stereocenters. The highest BCUT2D eigenvalue weighted by Crippen LogP contribution is 2.29. The molecule has 0 radical (unpaired) electrons. The maximum atomic E-state index is 11.8. The summed E-state index contributed by atoms with van der Waals surface area (Å²) in [5, 5.41) is 3.51. The average Bonchev–Trinajstić information content (AvgIpc) is 2.27. The monoisotopic (exact) mass is 254 g/mol. The fraction of sp³-hybridized carbons (Fsp3) is 0.933. The van der Waals surface area contributed by atoms with E-state index in [1.54, 1.807) is 4.90 Å². The van der Waals surface area contributed by atoms with E-state index in [0.717, 1.165) is 11.8 Å². The van der Waals surface area contributed by atoms with Crippen LogP contribution >= 0.6 is 0 Å². The van der Waals surface area contributed by atoms with Gasteiger partial charge in [-0.05, 0) is 38.0 Å². The van der Waals surface area contributed by atoms with Crippen molar-refractivity contribution >= 4 is 5.91 Å². The molecule has 1 N–H and O–H groups in total. The van der Waals surface area contributed by atoms with Gasteiger partial charge in [0.1, 0.15) is 0 Å². The number of rotatable bonds is 5. The summed E-state index contributed by atoms with van der Waals surface area (Å²) in [5.74, 6) is 1.81. The van der Waals surface area contributed by atoms with E-state index < -0.39 is 0 Å². The van der Waals surface area contributed by atoms with Crippen LogP contribution in [0.1, 0.15) is 52.9 Å². The van der Waals surface area contributed by atoms with Crippen LogP contribution < -0.4 is 5.32 Å². The largest absolute Gasteiger partial charge is 0.347 e. The van der Waals surface area contributed by atoms with Gasteiger partial charge in [-0.15, -0.1) is 0 Å². The molecule has 3 unspecified atom stereocenters. The van der Waals surface area contributed by atoms with Crippen LogP contribution in [0.2, 0.25) is 0 Å². The summed E-state index contributed by atoms with van der Waals surface area (Å²) >= 11 is 0. The molecule has 1 fully saturated rings. The van der Waals surface area contributed by atoms with Crippen molar-refractivity contribution in [2.45, 2.75) is 65.0 Å². The van der Waals surface area contributed by atoms with Crippen molar-refractivity contribution in [3.05, 3.63) is 0 Å². The molecule has 0 aromatic heterocycles. The SMILES string of the molecule is CC(C)CC1CCCC(NC(C)C(=O)N(C)C)C1. The molecular weight excluding hydrogens is 224 g/mol. The van der Waals surface area contributed by atoms with Crippen LogP contribution in [-0.4, -0.2) is 37.0 Å². The fourth-order valence-corrected chi connectivity index (χ4v) is 3.14. The quantitative estimate of drug-likeness (QED) is 0.818. The van der Waals surface area contributed by atoms with Gasteiger partial charge in [0, 0.05) is 20.1 Å². The number of carbonyl (C=O) groups is 1. The standard InChI is InChI=1S/C15H30N2O/c1-11(2)9-13-7-6-8-14(10-13)16-12(3)15(18)17(4)5/h11-14,16H,6-10H2,1-5H3. The second-order valence-electron chi connectivity index (χ2n) is 6.48. The Bertz CT molecular complexity index is 263. The van der Waals surface area contributed by atoms with Gasteiger partial charge >= 0.3 is 0 Å². The minimum atomic E-state index is -0.0530. The molecule has 106 valence electrons. The molecule has 3 nitrogen and oxygen atoms in total. The van der Waals surface area contributed by atoms with E-state index >= 15 is 0 Å². The van der Waals surface area contributed by atoms with Gasteiger partial charge in [-0.25, -0.2) is 0 Å². The fourth-order valence-electron chi connectivity index (χ4n) is 3.14. The number of likely N-dealkylation sites (N-methyl/N-ethyl adjacent to an activating group) is 1. The molecule has 0 saturated heterocycles. The molecule has 1 saturated carbocycles. The molecule has 3 heteroatoms. The van der Waals surface area contributed by atoms with Gasteiger partial charge in [0.05, 0.1) is 6.04 Å². The minimum absolute atomic E-state index is 0.0530. The van der Waals surface area contributed by atoms with E-state index in [1.807, 2.05) is 21.0 Å². The molecular formula is C15H30N2O. The van der Waals surface area contributed by atoms with Crippen LogP contribution in [0.15, 0.2) is 0 Å². The Hall–Kier alpha value is -0.570. The van der Waals surface area contributed by atoms with E-state index in [-0.39, 0.29) is 11.9 Å². The van der Waals surface area contributed by atoms with Crippen LogP contribution in [0.3, 0.4) is 0 Å². The van der Waals surface area contributed by atoms with Gasteiger partial charge in [-0.3, -0.25) is 4.79 Å². The zero-order valence-electron chi connectivity index (χ0n) is 12.7. The van der Waals surface area contributed by atoms with Gasteiger partial charge in [-0.1, -0.05) is 26.7 Å². The molecule has 1 rings (SSSR count). The van der Waals surface area contributed by atoms with Crippen LogP contribution in [0.5, 0.6) is 0 Å². The highest BCUT2D eigenvalue weighted by Gasteiger charge is 2.25. The molecule has 0 aliphatic heterocycles. The number of nitrogens with zero attached hydrogens (tertiary/aromatic N) is 1. The predicted molar refractivity (Wildman–Crippen MR) is 76.5 cm³/mol. The Labute approximate surface area is 112 Å². The van der Waals surface area contributed by atoms with Gasteiger partial charge in [0.15, 0.2) is 0 Å². The van der Waals surface area contributed by atoms with Gasteiger partial charge in [-0.2, -0.15) is 0 Å². The molecule has 18 heavy (non-hydrogen) atoms. The Morgan fingerprint density at radius 1 is 1.28 bits per heavy atom. The first kappa shape index (κ1) is 15.5. The third kappa shape index (κ3) is 4.97. The number of amides is 1. The summed E-state index contributed by atoms with van der Waals surface area (Å²) in [7, 11) is 3.64. The molecule has 0 spiro atoms. The molecule has 0 bridgehead atoms.